The number of benzene rings is 1. The summed E-state index contributed by atoms with van der Waals surface area (Å²) in [6.45, 7) is 2.43. The van der Waals surface area contributed by atoms with Crippen molar-refractivity contribution in [1.82, 2.24) is 20.3 Å². The number of amides is 1. The number of aliphatic carboxylic acids is 1. The first-order valence-electron chi connectivity index (χ1n) is 12.0. The van der Waals surface area contributed by atoms with E-state index < -0.39 is 24.5 Å². The second-order valence-electron chi connectivity index (χ2n) is 8.27. The summed E-state index contributed by atoms with van der Waals surface area (Å²) in [7, 11) is 0. The van der Waals surface area contributed by atoms with Gasteiger partial charge in [0.1, 0.15) is 12.0 Å². The molecule has 202 valence electrons. The van der Waals surface area contributed by atoms with Crippen LogP contribution >= 0.6 is 0 Å². The van der Waals surface area contributed by atoms with Crippen LogP contribution in [0.5, 0.6) is 0 Å². The van der Waals surface area contributed by atoms with Gasteiger partial charge >= 0.3 is 5.97 Å². The van der Waals surface area contributed by atoms with Gasteiger partial charge in [-0.25, -0.2) is 9.48 Å². The van der Waals surface area contributed by atoms with E-state index in [9.17, 15) is 19.5 Å². The minimum absolute atomic E-state index is 0.0527. The summed E-state index contributed by atoms with van der Waals surface area (Å²) in [5.41, 5.74) is 1.98. The van der Waals surface area contributed by atoms with Crippen molar-refractivity contribution in [2.45, 2.75) is 44.3 Å². The van der Waals surface area contributed by atoms with E-state index in [1.165, 1.54) is 0 Å². The van der Waals surface area contributed by atoms with Gasteiger partial charge in [-0.1, -0.05) is 17.3 Å². The Morgan fingerprint density at radius 3 is 2.57 bits per heavy atom. The maximum Gasteiger partial charge on any atom is 0.333 e. The van der Waals surface area contributed by atoms with E-state index in [0.717, 1.165) is 11.8 Å². The molecular weight excluding hydrogens is 488 g/mol. The molecule has 3 atom stereocenters. The van der Waals surface area contributed by atoms with E-state index >= 15 is 0 Å². The number of nitrogens with zero attached hydrogens (tertiary/aromatic N) is 3. The van der Waals surface area contributed by atoms with Gasteiger partial charge < -0.3 is 39.3 Å². The number of nitrogens with one attached hydrogen (secondary N) is 1. The molecule has 0 radical (unpaired) electrons. The van der Waals surface area contributed by atoms with Crippen molar-refractivity contribution >= 4 is 18.2 Å². The van der Waals surface area contributed by atoms with Crippen LogP contribution in [-0.4, -0.2) is 101 Å². The Hall–Kier alpha value is -3.23. The van der Waals surface area contributed by atoms with Crippen molar-refractivity contribution in [3.05, 3.63) is 36.0 Å². The standard InChI is InChI=1S/C24H32N4O9/c29-8-1-6-25-23(31)18-4-2-17(3-5-18)20-16-28(27-26-20)7-9-34-10-11-35-12-13-36-22-15-19(30)14-21(37-22)24(32)33/h2-5,8,16,19,21-22,30H,1,6-7,9-15H2,(H,25,31)(H,32,33). The molecule has 1 aliphatic rings. The minimum Gasteiger partial charge on any atom is -0.479 e. The summed E-state index contributed by atoms with van der Waals surface area (Å²) in [6.07, 6.45) is 0.493. The Morgan fingerprint density at radius 2 is 1.84 bits per heavy atom. The maximum absolute atomic E-state index is 12.0. The van der Waals surface area contributed by atoms with E-state index in [0.29, 0.717) is 44.2 Å². The van der Waals surface area contributed by atoms with Crippen LogP contribution in [0.3, 0.4) is 0 Å². The fraction of sp³-hybridized carbons (Fsp3) is 0.542. The summed E-state index contributed by atoms with van der Waals surface area (Å²) >= 11 is 0. The summed E-state index contributed by atoms with van der Waals surface area (Å²) in [6, 6.07) is 6.95. The third-order valence-corrected chi connectivity index (χ3v) is 5.44. The van der Waals surface area contributed by atoms with Crippen LogP contribution in [0.4, 0.5) is 0 Å². The van der Waals surface area contributed by atoms with Crippen molar-refractivity contribution in [2.75, 3.05) is 39.6 Å². The molecule has 1 saturated heterocycles. The van der Waals surface area contributed by atoms with E-state index in [-0.39, 0.29) is 38.4 Å². The third kappa shape index (κ3) is 9.63. The van der Waals surface area contributed by atoms with Crippen LogP contribution in [0, 0.1) is 0 Å². The zero-order valence-electron chi connectivity index (χ0n) is 20.4. The Bertz CT molecular complexity index is 998. The minimum atomic E-state index is -1.12. The first-order chi connectivity index (χ1) is 18.0. The Balaban J connectivity index is 1.25. The highest BCUT2D eigenvalue weighted by atomic mass is 16.7. The average molecular weight is 521 g/mol. The largest absolute Gasteiger partial charge is 0.479 e. The second kappa shape index (κ2) is 15.1. The molecule has 37 heavy (non-hydrogen) atoms. The topological polar surface area (TPSA) is 171 Å². The summed E-state index contributed by atoms with van der Waals surface area (Å²) in [5, 5.41) is 29.6. The molecule has 1 aromatic carbocycles. The molecule has 1 fully saturated rings. The smallest absolute Gasteiger partial charge is 0.333 e. The normalized spacial score (nSPS) is 19.4. The highest BCUT2D eigenvalue weighted by Crippen LogP contribution is 2.21. The summed E-state index contributed by atoms with van der Waals surface area (Å²) in [4.78, 5) is 33.4. The predicted octanol–water partition coefficient (Wildman–Crippen LogP) is 0.264. The molecule has 3 unspecified atom stereocenters. The second-order valence-corrected chi connectivity index (χ2v) is 8.27. The lowest BCUT2D eigenvalue weighted by Gasteiger charge is -2.30. The van der Waals surface area contributed by atoms with Crippen LogP contribution in [0.2, 0.25) is 0 Å². The number of carboxylic acids is 1. The SMILES string of the molecule is O=CCCNC(=O)c1ccc(-c2cn(CCOCCOCCOC3CC(O)CC(C(=O)O)O3)nn2)cc1. The molecule has 3 rings (SSSR count). The highest BCUT2D eigenvalue weighted by molar-refractivity contribution is 5.94. The number of aldehydes is 1. The molecule has 0 spiro atoms. The van der Waals surface area contributed by atoms with Crippen LogP contribution in [-0.2, 0) is 35.1 Å². The van der Waals surface area contributed by atoms with Gasteiger partial charge in [0, 0.05) is 36.9 Å². The van der Waals surface area contributed by atoms with Crippen LogP contribution in [0.1, 0.15) is 29.6 Å². The predicted molar refractivity (Wildman–Crippen MR) is 128 cm³/mol. The lowest BCUT2D eigenvalue weighted by Crippen LogP contribution is -2.41. The average Bonchev–Trinajstić information content (AvgIpc) is 3.36. The molecule has 0 aliphatic carbocycles. The first-order valence-corrected chi connectivity index (χ1v) is 12.0. The Morgan fingerprint density at radius 1 is 1.11 bits per heavy atom. The summed E-state index contributed by atoms with van der Waals surface area (Å²) in [5.74, 6) is -1.36. The number of ether oxygens (including phenoxy) is 4. The molecule has 1 aromatic heterocycles. The Kier molecular flexibility index (Phi) is 11.6. The zero-order chi connectivity index (χ0) is 26.5. The van der Waals surface area contributed by atoms with E-state index in [1.807, 2.05) is 0 Å². The van der Waals surface area contributed by atoms with Crippen LogP contribution in [0.25, 0.3) is 11.3 Å². The zero-order valence-corrected chi connectivity index (χ0v) is 20.4. The number of aliphatic hydroxyl groups excluding tert-OH is 1. The van der Waals surface area contributed by atoms with Crippen molar-refractivity contribution in [2.24, 2.45) is 0 Å². The quantitative estimate of drug-likeness (QED) is 0.205. The van der Waals surface area contributed by atoms with Crippen molar-refractivity contribution in [1.29, 1.82) is 0 Å². The molecule has 13 nitrogen and oxygen atoms in total. The van der Waals surface area contributed by atoms with Crippen molar-refractivity contribution < 1.29 is 43.5 Å². The number of aromatic nitrogens is 3. The van der Waals surface area contributed by atoms with E-state index in [4.69, 9.17) is 24.1 Å². The number of hydrogen-bond acceptors (Lipinski definition) is 10. The van der Waals surface area contributed by atoms with Gasteiger partial charge in [0.25, 0.3) is 5.91 Å². The number of rotatable bonds is 16. The lowest BCUT2D eigenvalue weighted by molar-refractivity contribution is -0.225. The van der Waals surface area contributed by atoms with Gasteiger partial charge in [-0.2, -0.15) is 0 Å². The van der Waals surface area contributed by atoms with Gasteiger partial charge in [0.05, 0.1) is 51.9 Å². The molecule has 0 bridgehead atoms. The molecule has 0 saturated carbocycles. The van der Waals surface area contributed by atoms with Crippen LogP contribution in [0.15, 0.2) is 30.5 Å². The number of hydrogen-bond donors (Lipinski definition) is 3. The Labute approximate surface area is 213 Å². The van der Waals surface area contributed by atoms with Gasteiger partial charge in [-0.05, 0) is 12.1 Å². The maximum atomic E-state index is 12.0. The van der Waals surface area contributed by atoms with E-state index in [2.05, 4.69) is 15.6 Å². The molecular formula is C24H32N4O9. The van der Waals surface area contributed by atoms with Crippen LogP contribution < -0.4 is 5.32 Å². The van der Waals surface area contributed by atoms with Gasteiger partial charge in [0.2, 0.25) is 0 Å². The molecule has 1 amide bonds. The van der Waals surface area contributed by atoms with E-state index in [1.54, 1.807) is 35.1 Å². The van der Waals surface area contributed by atoms with Crippen molar-refractivity contribution in [3.8, 4) is 11.3 Å². The number of carbonyl (C=O) groups excluding carboxylic acids is 2. The fourth-order valence-electron chi connectivity index (χ4n) is 3.52. The molecule has 2 heterocycles. The van der Waals surface area contributed by atoms with Crippen molar-refractivity contribution in [3.63, 3.8) is 0 Å². The monoisotopic (exact) mass is 520 g/mol. The summed E-state index contributed by atoms with van der Waals surface area (Å²) < 4.78 is 23.3. The van der Waals surface area contributed by atoms with Gasteiger partial charge in [-0.3, -0.25) is 4.79 Å². The van der Waals surface area contributed by atoms with Gasteiger partial charge in [0.15, 0.2) is 12.4 Å². The highest BCUT2D eigenvalue weighted by Gasteiger charge is 2.33. The molecule has 13 heteroatoms. The van der Waals surface area contributed by atoms with Gasteiger partial charge in [-0.15, -0.1) is 5.10 Å². The number of aliphatic hydroxyl groups is 1. The fourth-order valence-corrected chi connectivity index (χ4v) is 3.52. The molecule has 3 N–H and O–H groups in total. The molecule has 2 aromatic rings. The first kappa shape index (κ1) is 28.3. The number of carbonyl (C=O) groups is 3. The molecule has 1 aliphatic heterocycles. The number of carboxylic acid groups (broad SMARTS) is 1. The third-order valence-electron chi connectivity index (χ3n) is 5.44. The lowest BCUT2D eigenvalue weighted by atomic mass is 10.1.